The lowest BCUT2D eigenvalue weighted by molar-refractivity contribution is -0.143. The zero-order valence-electron chi connectivity index (χ0n) is 10.5. The Kier molecular flexibility index (Phi) is 4.01. The lowest BCUT2D eigenvalue weighted by Crippen LogP contribution is -2.12. The minimum atomic E-state index is -4.77. The molecule has 112 valence electrons. The second kappa shape index (κ2) is 5.16. The van der Waals surface area contributed by atoms with Crippen LogP contribution in [-0.2, 0) is 12.4 Å². The first kappa shape index (κ1) is 15.5. The van der Waals surface area contributed by atoms with Crippen molar-refractivity contribution in [3.05, 3.63) is 34.9 Å². The van der Waals surface area contributed by atoms with Gasteiger partial charge in [0.1, 0.15) is 0 Å². The standard InChI is InChI=1S/C13H12F6S/c1-7-2-3-11(20-7)8-4-9(12(14,15)16)6-10(5-8)13(17,18)19/h4-7,11H,2-3H2,1H3. The largest absolute Gasteiger partial charge is 0.416 e. The zero-order chi connectivity index (χ0) is 15.1. The van der Waals surface area contributed by atoms with Gasteiger partial charge in [0.2, 0.25) is 0 Å². The van der Waals surface area contributed by atoms with Gasteiger partial charge < -0.3 is 0 Å². The number of rotatable bonds is 1. The molecule has 1 fully saturated rings. The zero-order valence-corrected chi connectivity index (χ0v) is 11.3. The van der Waals surface area contributed by atoms with Crippen molar-refractivity contribution in [3.8, 4) is 0 Å². The van der Waals surface area contributed by atoms with E-state index in [1.807, 2.05) is 6.92 Å². The van der Waals surface area contributed by atoms with Crippen LogP contribution in [0.2, 0.25) is 0 Å². The Morgan fingerprint density at radius 2 is 1.40 bits per heavy atom. The van der Waals surface area contributed by atoms with E-state index in [1.165, 1.54) is 11.8 Å². The average Bonchev–Trinajstić information content (AvgIpc) is 2.73. The third-order valence-electron chi connectivity index (χ3n) is 3.21. The Hall–Kier alpha value is -0.850. The Balaban J connectivity index is 2.46. The van der Waals surface area contributed by atoms with Crippen LogP contribution in [0.25, 0.3) is 0 Å². The van der Waals surface area contributed by atoms with Crippen molar-refractivity contribution in [2.45, 2.75) is 42.6 Å². The molecule has 0 bridgehead atoms. The van der Waals surface area contributed by atoms with Crippen molar-refractivity contribution in [1.29, 1.82) is 0 Å². The summed E-state index contributed by atoms with van der Waals surface area (Å²) < 4.78 is 76.4. The first-order valence-corrected chi connectivity index (χ1v) is 6.96. The number of halogens is 6. The number of hydrogen-bond donors (Lipinski definition) is 0. The van der Waals surface area contributed by atoms with Gasteiger partial charge in [-0.3, -0.25) is 0 Å². The topological polar surface area (TPSA) is 0 Å². The van der Waals surface area contributed by atoms with Crippen molar-refractivity contribution in [2.75, 3.05) is 0 Å². The number of hydrogen-bond acceptors (Lipinski definition) is 1. The Labute approximate surface area is 116 Å². The van der Waals surface area contributed by atoms with Crippen LogP contribution >= 0.6 is 11.8 Å². The molecule has 1 aromatic carbocycles. The summed E-state index contributed by atoms with van der Waals surface area (Å²) in [7, 11) is 0. The molecule has 2 unspecified atom stereocenters. The van der Waals surface area contributed by atoms with Gasteiger partial charge >= 0.3 is 12.4 Å². The van der Waals surface area contributed by atoms with Crippen LogP contribution in [-0.4, -0.2) is 5.25 Å². The summed E-state index contributed by atoms with van der Waals surface area (Å²) in [6.45, 7) is 1.92. The molecule has 0 aliphatic carbocycles. The monoisotopic (exact) mass is 314 g/mol. The predicted molar refractivity (Wildman–Crippen MR) is 65.5 cm³/mol. The van der Waals surface area contributed by atoms with Gasteiger partial charge in [-0.05, 0) is 36.6 Å². The second-order valence-electron chi connectivity index (χ2n) is 4.85. The molecule has 0 N–H and O–H groups in total. The summed E-state index contributed by atoms with van der Waals surface area (Å²) in [5.41, 5.74) is -2.36. The minimum absolute atomic E-state index is 0.113. The van der Waals surface area contributed by atoms with Crippen LogP contribution in [0.5, 0.6) is 0 Å². The summed E-state index contributed by atoms with van der Waals surface area (Å²) in [6.07, 6.45) is -8.15. The number of thioether (sulfide) groups is 1. The van der Waals surface area contributed by atoms with Gasteiger partial charge in [-0.2, -0.15) is 38.1 Å². The lowest BCUT2D eigenvalue weighted by Gasteiger charge is -2.17. The van der Waals surface area contributed by atoms with Gasteiger partial charge in [0.15, 0.2) is 0 Å². The molecule has 0 aromatic heterocycles. The van der Waals surface area contributed by atoms with Gasteiger partial charge in [-0.25, -0.2) is 0 Å². The fraction of sp³-hybridized carbons (Fsp3) is 0.538. The molecule has 1 aliphatic heterocycles. The van der Waals surface area contributed by atoms with Crippen LogP contribution in [0.15, 0.2) is 18.2 Å². The first-order valence-electron chi connectivity index (χ1n) is 6.02. The minimum Gasteiger partial charge on any atom is -0.166 e. The molecule has 20 heavy (non-hydrogen) atoms. The summed E-state index contributed by atoms with van der Waals surface area (Å²) in [4.78, 5) is 0. The van der Waals surface area contributed by atoms with Crippen molar-refractivity contribution < 1.29 is 26.3 Å². The quantitative estimate of drug-likeness (QED) is 0.601. The highest BCUT2D eigenvalue weighted by molar-refractivity contribution is 8.00. The van der Waals surface area contributed by atoms with Gasteiger partial charge in [0.25, 0.3) is 0 Å². The van der Waals surface area contributed by atoms with E-state index >= 15 is 0 Å². The van der Waals surface area contributed by atoms with Crippen LogP contribution in [0, 0.1) is 0 Å². The normalized spacial score (nSPS) is 24.1. The highest BCUT2D eigenvalue weighted by Crippen LogP contribution is 2.47. The molecule has 1 aromatic rings. The SMILES string of the molecule is CC1CCC(c2cc(C(F)(F)F)cc(C(F)(F)F)c2)S1. The van der Waals surface area contributed by atoms with Crippen LogP contribution in [0.3, 0.4) is 0 Å². The highest BCUT2D eigenvalue weighted by Gasteiger charge is 2.38. The predicted octanol–water partition coefficient (Wildman–Crippen LogP) is 5.68. The summed E-state index contributed by atoms with van der Waals surface area (Å²) in [6, 6.07) is 1.85. The molecule has 7 heteroatoms. The highest BCUT2D eigenvalue weighted by atomic mass is 32.2. The summed E-state index contributed by atoms with van der Waals surface area (Å²) in [5.74, 6) is 0. The van der Waals surface area contributed by atoms with E-state index < -0.39 is 23.5 Å². The van der Waals surface area contributed by atoms with Gasteiger partial charge in [-0.1, -0.05) is 6.92 Å². The van der Waals surface area contributed by atoms with E-state index in [2.05, 4.69) is 0 Å². The maximum absolute atomic E-state index is 12.7. The van der Waals surface area contributed by atoms with E-state index in [0.717, 1.165) is 18.6 Å². The van der Waals surface area contributed by atoms with E-state index in [0.29, 0.717) is 6.42 Å². The van der Waals surface area contributed by atoms with Crippen molar-refractivity contribution in [1.82, 2.24) is 0 Å². The maximum Gasteiger partial charge on any atom is 0.416 e. The smallest absolute Gasteiger partial charge is 0.166 e. The third-order valence-corrected chi connectivity index (χ3v) is 4.75. The molecule has 1 aliphatic rings. The second-order valence-corrected chi connectivity index (χ2v) is 6.50. The van der Waals surface area contributed by atoms with E-state index in [4.69, 9.17) is 0 Å². The van der Waals surface area contributed by atoms with E-state index in [-0.39, 0.29) is 22.1 Å². The maximum atomic E-state index is 12.7. The van der Waals surface area contributed by atoms with Crippen LogP contribution < -0.4 is 0 Å². The van der Waals surface area contributed by atoms with Crippen molar-refractivity contribution in [2.24, 2.45) is 0 Å². The molecular formula is C13H12F6S. The van der Waals surface area contributed by atoms with Gasteiger partial charge in [0.05, 0.1) is 11.1 Å². The van der Waals surface area contributed by atoms with Gasteiger partial charge in [-0.15, -0.1) is 0 Å². The van der Waals surface area contributed by atoms with Crippen molar-refractivity contribution >= 4 is 11.8 Å². The van der Waals surface area contributed by atoms with Gasteiger partial charge in [0, 0.05) is 10.5 Å². The Morgan fingerprint density at radius 1 is 0.900 bits per heavy atom. The molecule has 0 amide bonds. The first-order chi connectivity index (χ1) is 9.07. The summed E-state index contributed by atoms with van der Waals surface area (Å²) in [5, 5.41) is -0.0442. The molecule has 1 heterocycles. The van der Waals surface area contributed by atoms with Crippen LogP contribution in [0.1, 0.15) is 41.7 Å². The molecule has 2 rings (SSSR count). The molecule has 2 atom stereocenters. The average molecular weight is 314 g/mol. The Bertz CT molecular complexity index is 458. The van der Waals surface area contributed by atoms with E-state index in [9.17, 15) is 26.3 Å². The lowest BCUT2D eigenvalue weighted by atomic mass is 10.0. The molecule has 0 radical (unpaired) electrons. The van der Waals surface area contributed by atoms with Crippen LogP contribution in [0.4, 0.5) is 26.3 Å². The molecular weight excluding hydrogens is 302 g/mol. The molecule has 0 saturated carbocycles. The van der Waals surface area contributed by atoms with E-state index in [1.54, 1.807) is 0 Å². The third kappa shape index (κ3) is 3.42. The fourth-order valence-corrected chi connectivity index (χ4v) is 3.61. The fourth-order valence-electron chi connectivity index (χ4n) is 2.21. The molecule has 0 spiro atoms. The summed E-state index contributed by atoms with van der Waals surface area (Å²) >= 11 is 1.42. The number of alkyl halides is 6. The molecule has 1 saturated heterocycles. The Morgan fingerprint density at radius 3 is 1.75 bits per heavy atom. The molecule has 0 nitrogen and oxygen atoms in total. The van der Waals surface area contributed by atoms with Crippen molar-refractivity contribution in [3.63, 3.8) is 0 Å². The number of benzene rings is 1.